The molecule has 1 aliphatic carbocycles. The van der Waals surface area contributed by atoms with Gasteiger partial charge in [0.1, 0.15) is 0 Å². The first-order chi connectivity index (χ1) is 8.24. The van der Waals surface area contributed by atoms with E-state index in [2.05, 4.69) is 32.7 Å². The minimum absolute atomic E-state index is 0.156. The van der Waals surface area contributed by atoms with E-state index in [1.165, 1.54) is 0 Å². The summed E-state index contributed by atoms with van der Waals surface area (Å²) in [5.41, 5.74) is 2.14. The van der Waals surface area contributed by atoms with Crippen LogP contribution >= 0.6 is 0 Å². The van der Waals surface area contributed by atoms with Gasteiger partial charge in [0.25, 0.3) is 5.91 Å². The smallest absolute Gasteiger partial charge is 0.256 e. The Hall–Kier alpha value is -1.12. The molecule has 1 saturated heterocycles. The molecule has 2 fully saturated rings. The number of allylic oxidation sites excluding steroid dienone is 1. The van der Waals surface area contributed by atoms with Gasteiger partial charge in [-0.15, -0.1) is 0 Å². The second-order valence-corrected chi connectivity index (χ2v) is 6.86. The van der Waals surface area contributed by atoms with Gasteiger partial charge < -0.3 is 4.90 Å². The SMILES string of the molecule is C/C=C1/C(=O)N(C2C(C)(C)CC2(C)C)CC1=NC. The van der Waals surface area contributed by atoms with Crippen molar-refractivity contribution >= 4 is 11.6 Å². The highest BCUT2D eigenvalue weighted by Gasteiger charge is 2.58. The van der Waals surface area contributed by atoms with Gasteiger partial charge in [-0.1, -0.05) is 33.8 Å². The lowest BCUT2D eigenvalue weighted by molar-refractivity contribution is -0.149. The Balaban J connectivity index is 2.34. The molecular formula is C15H24N2O. The van der Waals surface area contributed by atoms with Gasteiger partial charge in [-0.25, -0.2) is 0 Å². The van der Waals surface area contributed by atoms with Crippen LogP contribution in [-0.2, 0) is 4.79 Å². The van der Waals surface area contributed by atoms with Crippen LogP contribution < -0.4 is 0 Å². The van der Waals surface area contributed by atoms with Gasteiger partial charge in [0.15, 0.2) is 0 Å². The molecule has 1 saturated carbocycles. The summed E-state index contributed by atoms with van der Waals surface area (Å²) < 4.78 is 0. The molecule has 18 heavy (non-hydrogen) atoms. The van der Waals surface area contributed by atoms with Crippen LogP contribution in [0.2, 0.25) is 0 Å². The Morgan fingerprint density at radius 3 is 2.17 bits per heavy atom. The molecule has 0 aromatic rings. The molecule has 0 aromatic heterocycles. The Bertz CT molecular complexity index is 429. The second-order valence-electron chi connectivity index (χ2n) is 6.86. The number of nitrogens with zero attached hydrogens (tertiary/aromatic N) is 2. The summed E-state index contributed by atoms with van der Waals surface area (Å²) in [6, 6.07) is 0.312. The summed E-state index contributed by atoms with van der Waals surface area (Å²) in [5.74, 6) is 0.156. The number of hydrogen-bond donors (Lipinski definition) is 0. The molecule has 2 aliphatic rings. The molecule has 0 spiro atoms. The van der Waals surface area contributed by atoms with Crippen LogP contribution in [0.15, 0.2) is 16.6 Å². The van der Waals surface area contributed by atoms with E-state index in [9.17, 15) is 4.79 Å². The van der Waals surface area contributed by atoms with E-state index < -0.39 is 0 Å². The maximum absolute atomic E-state index is 12.5. The van der Waals surface area contributed by atoms with Crippen LogP contribution in [0.1, 0.15) is 41.0 Å². The third-order valence-corrected chi connectivity index (χ3v) is 4.38. The lowest BCUT2D eigenvalue weighted by Crippen LogP contribution is -2.63. The van der Waals surface area contributed by atoms with Crippen molar-refractivity contribution in [2.24, 2.45) is 15.8 Å². The molecule has 0 bridgehead atoms. The van der Waals surface area contributed by atoms with Crippen molar-refractivity contribution in [2.75, 3.05) is 13.6 Å². The van der Waals surface area contributed by atoms with Crippen molar-refractivity contribution in [3.63, 3.8) is 0 Å². The van der Waals surface area contributed by atoms with Crippen molar-refractivity contribution in [2.45, 2.75) is 47.1 Å². The van der Waals surface area contributed by atoms with Crippen LogP contribution in [0.3, 0.4) is 0 Å². The standard InChI is InChI=1S/C15H24N2O/c1-7-10-11(16-6)8-17(12(10)18)13-14(2,3)9-15(13,4)5/h7,13H,8-9H2,1-6H3/b10-7+,16-11?. The molecule has 3 heteroatoms. The Kier molecular flexibility index (Phi) is 2.91. The summed E-state index contributed by atoms with van der Waals surface area (Å²) in [5, 5.41) is 0. The van der Waals surface area contributed by atoms with Crippen molar-refractivity contribution in [3.8, 4) is 0 Å². The van der Waals surface area contributed by atoms with Crippen LogP contribution in [0, 0.1) is 10.8 Å². The second kappa shape index (κ2) is 3.94. The highest BCUT2D eigenvalue weighted by Crippen LogP contribution is 2.56. The van der Waals surface area contributed by atoms with E-state index in [4.69, 9.17) is 0 Å². The monoisotopic (exact) mass is 248 g/mol. The van der Waals surface area contributed by atoms with Gasteiger partial charge in [-0.2, -0.15) is 0 Å². The van der Waals surface area contributed by atoms with Crippen molar-refractivity contribution in [3.05, 3.63) is 11.6 Å². The minimum Gasteiger partial charge on any atom is -0.329 e. The third-order valence-electron chi connectivity index (χ3n) is 4.38. The Morgan fingerprint density at radius 1 is 1.28 bits per heavy atom. The number of likely N-dealkylation sites (tertiary alicyclic amines) is 1. The van der Waals surface area contributed by atoms with Gasteiger partial charge in [0, 0.05) is 13.1 Å². The summed E-state index contributed by atoms with van der Waals surface area (Å²) in [6.07, 6.45) is 3.06. The average molecular weight is 248 g/mol. The highest BCUT2D eigenvalue weighted by atomic mass is 16.2. The van der Waals surface area contributed by atoms with Crippen molar-refractivity contribution in [1.82, 2.24) is 4.90 Å². The first kappa shape index (κ1) is 13.3. The summed E-state index contributed by atoms with van der Waals surface area (Å²) in [4.78, 5) is 18.8. The molecule has 1 aliphatic heterocycles. The Labute approximate surface area is 110 Å². The molecule has 0 atom stereocenters. The van der Waals surface area contributed by atoms with Gasteiger partial charge in [0.2, 0.25) is 0 Å². The number of hydrogen-bond acceptors (Lipinski definition) is 2. The summed E-state index contributed by atoms with van der Waals surface area (Å²) in [7, 11) is 1.77. The molecular weight excluding hydrogens is 224 g/mol. The highest BCUT2D eigenvalue weighted by molar-refractivity contribution is 6.27. The molecule has 0 unspecified atom stereocenters. The molecule has 0 radical (unpaired) electrons. The van der Waals surface area contributed by atoms with E-state index in [-0.39, 0.29) is 16.7 Å². The van der Waals surface area contributed by atoms with Crippen LogP contribution in [0.25, 0.3) is 0 Å². The lowest BCUT2D eigenvalue weighted by atomic mass is 9.51. The number of amides is 1. The van der Waals surface area contributed by atoms with E-state index in [0.717, 1.165) is 17.7 Å². The first-order valence-electron chi connectivity index (χ1n) is 6.68. The topological polar surface area (TPSA) is 32.7 Å². The van der Waals surface area contributed by atoms with E-state index in [1.807, 2.05) is 17.9 Å². The molecule has 0 aromatic carbocycles. The fourth-order valence-corrected chi connectivity index (χ4v) is 4.42. The molecule has 0 N–H and O–H groups in total. The number of rotatable bonds is 1. The predicted octanol–water partition coefficient (Wildman–Crippen LogP) is 2.67. The van der Waals surface area contributed by atoms with Crippen LogP contribution in [-0.4, -0.2) is 36.2 Å². The number of aliphatic imine (C=N–C) groups is 1. The minimum atomic E-state index is 0.156. The van der Waals surface area contributed by atoms with E-state index >= 15 is 0 Å². The van der Waals surface area contributed by atoms with Crippen molar-refractivity contribution in [1.29, 1.82) is 0 Å². The Morgan fingerprint density at radius 2 is 1.83 bits per heavy atom. The summed E-state index contributed by atoms with van der Waals surface area (Å²) >= 11 is 0. The van der Waals surface area contributed by atoms with Crippen molar-refractivity contribution < 1.29 is 4.79 Å². The van der Waals surface area contributed by atoms with Gasteiger partial charge in [-0.05, 0) is 24.2 Å². The predicted molar refractivity (Wildman–Crippen MR) is 74.8 cm³/mol. The molecule has 2 rings (SSSR count). The lowest BCUT2D eigenvalue weighted by Gasteiger charge is -2.60. The maximum atomic E-state index is 12.5. The molecule has 3 nitrogen and oxygen atoms in total. The third kappa shape index (κ3) is 1.72. The quantitative estimate of drug-likeness (QED) is 0.657. The largest absolute Gasteiger partial charge is 0.329 e. The zero-order valence-electron chi connectivity index (χ0n) is 12.4. The van der Waals surface area contributed by atoms with Gasteiger partial charge in [-0.3, -0.25) is 9.79 Å². The van der Waals surface area contributed by atoms with Crippen LogP contribution in [0.4, 0.5) is 0 Å². The summed E-state index contributed by atoms with van der Waals surface area (Å²) in [6.45, 7) is 11.6. The zero-order valence-corrected chi connectivity index (χ0v) is 12.4. The average Bonchev–Trinajstić information content (AvgIpc) is 2.52. The molecule has 1 heterocycles. The zero-order chi connectivity index (χ0) is 13.7. The van der Waals surface area contributed by atoms with Gasteiger partial charge in [0.05, 0.1) is 17.8 Å². The fraction of sp³-hybridized carbons (Fsp3) is 0.733. The van der Waals surface area contributed by atoms with Crippen LogP contribution in [0.5, 0.6) is 0 Å². The van der Waals surface area contributed by atoms with E-state index in [0.29, 0.717) is 12.6 Å². The maximum Gasteiger partial charge on any atom is 0.256 e. The van der Waals surface area contributed by atoms with E-state index in [1.54, 1.807) is 7.05 Å². The fourth-order valence-electron chi connectivity index (χ4n) is 4.42. The number of carbonyl (C=O) groups excluding carboxylic acids is 1. The molecule has 100 valence electrons. The first-order valence-corrected chi connectivity index (χ1v) is 6.68. The normalized spacial score (nSPS) is 31.2. The van der Waals surface area contributed by atoms with Gasteiger partial charge >= 0.3 is 0 Å². The molecule has 1 amide bonds. The number of carbonyl (C=O) groups is 1.